The first kappa shape index (κ1) is 14.0. The smallest absolute Gasteiger partial charge is 0.122 e. The molecule has 0 bridgehead atoms. The zero-order valence-corrected chi connectivity index (χ0v) is 11.2. The summed E-state index contributed by atoms with van der Waals surface area (Å²) in [6, 6.07) is 6.16. The van der Waals surface area contributed by atoms with Crippen molar-refractivity contribution in [3.8, 4) is 5.75 Å². The average molecular weight is 237 g/mol. The van der Waals surface area contributed by atoms with Crippen molar-refractivity contribution in [2.45, 2.75) is 33.2 Å². The number of rotatable bonds is 6. The van der Waals surface area contributed by atoms with Gasteiger partial charge in [-0.05, 0) is 39.3 Å². The zero-order valence-electron chi connectivity index (χ0n) is 11.2. The van der Waals surface area contributed by atoms with E-state index in [1.54, 1.807) is 0 Å². The summed E-state index contributed by atoms with van der Waals surface area (Å²) in [7, 11) is 0. The molecule has 1 aromatic carbocycles. The van der Waals surface area contributed by atoms with E-state index in [0.29, 0.717) is 19.8 Å². The quantitative estimate of drug-likeness (QED) is 0.773. The highest BCUT2D eigenvalue weighted by Gasteiger charge is 2.09. The first-order chi connectivity index (χ1) is 7.88. The molecule has 0 aliphatic rings. The summed E-state index contributed by atoms with van der Waals surface area (Å²) in [5, 5.41) is 0. The van der Waals surface area contributed by atoms with Gasteiger partial charge in [-0.1, -0.05) is 17.7 Å². The third-order valence-electron chi connectivity index (χ3n) is 2.29. The summed E-state index contributed by atoms with van der Waals surface area (Å²) < 4.78 is 11.1. The highest BCUT2D eigenvalue weighted by Crippen LogP contribution is 2.18. The molecule has 1 rings (SSSR count). The summed E-state index contributed by atoms with van der Waals surface area (Å²) in [6.07, 6.45) is 0. The van der Waals surface area contributed by atoms with Crippen LogP contribution in [-0.4, -0.2) is 25.4 Å². The molecule has 0 aromatic heterocycles. The molecule has 1 aromatic rings. The minimum atomic E-state index is -0.278. The van der Waals surface area contributed by atoms with Crippen LogP contribution in [0.2, 0.25) is 0 Å². The van der Waals surface area contributed by atoms with E-state index in [9.17, 15) is 0 Å². The molecule has 17 heavy (non-hydrogen) atoms. The molecular weight excluding hydrogens is 214 g/mol. The molecule has 0 saturated heterocycles. The number of aryl methyl sites for hydroxylation is 2. The van der Waals surface area contributed by atoms with E-state index >= 15 is 0 Å². The Hall–Kier alpha value is -1.06. The lowest BCUT2D eigenvalue weighted by Crippen LogP contribution is -2.37. The van der Waals surface area contributed by atoms with Crippen molar-refractivity contribution in [3.05, 3.63) is 29.3 Å². The molecule has 0 aliphatic heterocycles. The van der Waals surface area contributed by atoms with Crippen LogP contribution in [0.5, 0.6) is 5.75 Å². The van der Waals surface area contributed by atoms with Gasteiger partial charge in [0.05, 0.1) is 13.2 Å². The molecule has 96 valence electrons. The summed E-state index contributed by atoms with van der Waals surface area (Å²) in [4.78, 5) is 0. The maximum absolute atomic E-state index is 5.80. The molecule has 0 radical (unpaired) electrons. The topological polar surface area (TPSA) is 44.5 Å². The van der Waals surface area contributed by atoms with Gasteiger partial charge in [0.1, 0.15) is 12.4 Å². The Labute approximate surface area is 104 Å². The van der Waals surface area contributed by atoms with Gasteiger partial charge in [-0.25, -0.2) is 0 Å². The van der Waals surface area contributed by atoms with Crippen LogP contribution < -0.4 is 10.5 Å². The molecule has 0 spiro atoms. The van der Waals surface area contributed by atoms with Gasteiger partial charge in [-0.2, -0.15) is 0 Å². The highest BCUT2D eigenvalue weighted by molar-refractivity contribution is 5.35. The van der Waals surface area contributed by atoms with Crippen LogP contribution >= 0.6 is 0 Å². The summed E-state index contributed by atoms with van der Waals surface area (Å²) in [6.45, 7) is 9.67. The number of ether oxygens (including phenoxy) is 2. The molecule has 0 atom stereocenters. The monoisotopic (exact) mass is 237 g/mol. The molecular formula is C14H23NO2. The van der Waals surface area contributed by atoms with Crippen molar-refractivity contribution in [1.82, 2.24) is 0 Å². The van der Waals surface area contributed by atoms with Crippen LogP contribution in [0.3, 0.4) is 0 Å². The van der Waals surface area contributed by atoms with E-state index < -0.39 is 0 Å². The first-order valence-electron chi connectivity index (χ1n) is 5.95. The van der Waals surface area contributed by atoms with Gasteiger partial charge in [0.25, 0.3) is 0 Å². The lowest BCUT2D eigenvalue weighted by Gasteiger charge is -2.18. The average Bonchev–Trinajstić information content (AvgIpc) is 2.18. The maximum atomic E-state index is 5.80. The molecule has 0 saturated carbocycles. The first-order valence-corrected chi connectivity index (χ1v) is 5.95. The lowest BCUT2D eigenvalue weighted by atomic mass is 10.1. The van der Waals surface area contributed by atoms with Crippen LogP contribution in [0.15, 0.2) is 18.2 Å². The Morgan fingerprint density at radius 1 is 1.18 bits per heavy atom. The Kier molecular flexibility index (Phi) is 4.97. The number of hydrogen-bond acceptors (Lipinski definition) is 3. The normalized spacial score (nSPS) is 11.6. The Morgan fingerprint density at radius 2 is 1.88 bits per heavy atom. The van der Waals surface area contributed by atoms with Gasteiger partial charge in [-0.15, -0.1) is 0 Å². The molecule has 0 amide bonds. The second kappa shape index (κ2) is 6.03. The van der Waals surface area contributed by atoms with E-state index in [0.717, 1.165) is 11.3 Å². The predicted octanol–water partition coefficient (Wildman–Crippen LogP) is 2.44. The fraction of sp³-hybridized carbons (Fsp3) is 0.571. The largest absolute Gasteiger partial charge is 0.491 e. The second-order valence-corrected chi connectivity index (χ2v) is 5.16. The lowest BCUT2D eigenvalue weighted by molar-refractivity contribution is 0.0723. The van der Waals surface area contributed by atoms with Crippen molar-refractivity contribution in [3.63, 3.8) is 0 Å². The van der Waals surface area contributed by atoms with Gasteiger partial charge >= 0.3 is 0 Å². The number of benzene rings is 1. The van der Waals surface area contributed by atoms with E-state index in [1.807, 2.05) is 32.9 Å². The SMILES string of the molecule is Cc1ccc(OCCOCC(C)(C)N)c(C)c1. The Morgan fingerprint density at radius 3 is 2.47 bits per heavy atom. The van der Waals surface area contributed by atoms with Gasteiger partial charge in [0, 0.05) is 5.54 Å². The summed E-state index contributed by atoms with van der Waals surface area (Å²) >= 11 is 0. The van der Waals surface area contributed by atoms with E-state index in [4.69, 9.17) is 15.2 Å². The van der Waals surface area contributed by atoms with E-state index in [2.05, 4.69) is 13.0 Å². The molecule has 0 unspecified atom stereocenters. The minimum absolute atomic E-state index is 0.278. The summed E-state index contributed by atoms with van der Waals surface area (Å²) in [5.74, 6) is 0.922. The van der Waals surface area contributed by atoms with E-state index in [-0.39, 0.29) is 5.54 Å². The van der Waals surface area contributed by atoms with Gasteiger partial charge in [0.15, 0.2) is 0 Å². The second-order valence-electron chi connectivity index (χ2n) is 5.16. The fourth-order valence-corrected chi connectivity index (χ4v) is 1.51. The third-order valence-corrected chi connectivity index (χ3v) is 2.29. The summed E-state index contributed by atoms with van der Waals surface area (Å²) in [5.41, 5.74) is 7.93. The highest BCUT2D eigenvalue weighted by atomic mass is 16.5. The van der Waals surface area contributed by atoms with Crippen molar-refractivity contribution < 1.29 is 9.47 Å². The van der Waals surface area contributed by atoms with Crippen molar-refractivity contribution in [2.75, 3.05) is 19.8 Å². The number of nitrogens with two attached hydrogens (primary N) is 1. The van der Waals surface area contributed by atoms with Gasteiger partial charge in [-0.3, -0.25) is 0 Å². The van der Waals surface area contributed by atoms with E-state index in [1.165, 1.54) is 5.56 Å². The van der Waals surface area contributed by atoms with Crippen LogP contribution in [0, 0.1) is 13.8 Å². The van der Waals surface area contributed by atoms with Crippen molar-refractivity contribution in [1.29, 1.82) is 0 Å². The molecule has 2 N–H and O–H groups in total. The Balaban J connectivity index is 2.27. The predicted molar refractivity (Wildman–Crippen MR) is 70.5 cm³/mol. The fourth-order valence-electron chi connectivity index (χ4n) is 1.51. The molecule has 0 fully saturated rings. The maximum Gasteiger partial charge on any atom is 0.122 e. The van der Waals surface area contributed by atoms with Gasteiger partial charge in [0.2, 0.25) is 0 Å². The molecule has 0 heterocycles. The standard InChI is InChI=1S/C14H23NO2/c1-11-5-6-13(12(2)9-11)17-8-7-16-10-14(3,4)15/h5-6,9H,7-8,10,15H2,1-4H3. The Bertz CT molecular complexity index is 356. The van der Waals surface area contributed by atoms with Gasteiger partial charge < -0.3 is 15.2 Å². The molecule has 0 aliphatic carbocycles. The zero-order chi connectivity index (χ0) is 12.9. The number of hydrogen-bond donors (Lipinski definition) is 1. The van der Waals surface area contributed by atoms with Crippen LogP contribution in [0.25, 0.3) is 0 Å². The van der Waals surface area contributed by atoms with Crippen molar-refractivity contribution >= 4 is 0 Å². The molecule has 3 nitrogen and oxygen atoms in total. The van der Waals surface area contributed by atoms with Crippen molar-refractivity contribution in [2.24, 2.45) is 5.73 Å². The van der Waals surface area contributed by atoms with Crippen LogP contribution in [0.4, 0.5) is 0 Å². The van der Waals surface area contributed by atoms with Crippen LogP contribution in [-0.2, 0) is 4.74 Å². The third kappa shape index (κ3) is 5.71. The minimum Gasteiger partial charge on any atom is -0.491 e. The van der Waals surface area contributed by atoms with Crippen LogP contribution in [0.1, 0.15) is 25.0 Å². The molecule has 3 heteroatoms.